The predicted molar refractivity (Wildman–Crippen MR) is 122 cm³/mol. The molecular formula is C26H48N2O. The molecule has 0 bridgehead atoms. The molecule has 4 aliphatic rings. The van der Waals surface area contributed by atoms with E-state index in [0.29, 0.717) is 28.4 Å². The van der Waals surface area contributed by atoms with E-state index in [4.69, 9.17) is 4.74 Å². The van der Waals surface area contributed by atoms with Gasteiger partial charge in [0.1, 0.15) is 0 Å². The van der Waals surface area contributed by atoms with Crippen molar-refractivity contribution < 1.29 is 4.74 Å². The van der Waals surface area contributed by atoms with E-state index >= 15 is 0 Å². The third-order valence-electron chi connectivity index (χ3n) is 10.7. The zero-order valence-corrected chi connectivity index (χ0v) is 20.2. The van der Waals surface area contributed by atoms with Crippen LogP contribution in [0.25, 0.3) is 0 Å². The molecular weight excluding hydrogens is 356 g/mol. The molecule has 168 valence electrons. The zero-order chi connectivity index (χ0) is 20.9. The van der Waals surface area contributed by atoms with Crippen LogP contribution in [0.15, 0.2) is 0 Å². The monoisotopic (exact) mass is 404 g/mol. The van der Waals surface area contributed by atoms with Crippen molar-refractivity contribution in [1.82, 2.24) is 10.6 Å². The standard InChI is InChI=1S/C26H48N2O/c1-18(2)27-15-16-28-19-9-14-26(5)22-11-13-25(4)21(7-8-23(25)29-6)20(22)10-12-24(26,3)17-19/h18-23,27-28H,7-17H2,1-6H3/t19?,20?,21?,22?,23-,24+,25-,26+/m0/s1. The lowest BCUT2D eigenvalue weighted by atomic mass is 9.40. The van der Waals surface area contributed by atoms with Gasteiger partial charge in [-0.05, 0) is 91.8 Å². The van der Waals surface area contributed by atoms with Crippen molar-refractivity contribution in [2.24, 2.45) is 34.0 Å². The van der Waals surface area contributed by atoms with Crippen molar-refractivity contribution in [2.45, 2.75) is 111 Å². The van der Waals surface area contributed by atoms with Crippen LogP contribution in [0.2, 0.25) is 0 Å². The third-order valence-corrected chi connectivity index (χ3v) is 10.7. The predicted octanol–water partition coefficient (Wildman–Crippen LogP) is 5.39. The summed E-state index contributed by atoms with van der Waals surface area (Å²) in [6, 6.07) is 1.31. The topological polar surface area (TPSA) is 33.3 Å². The molecule has 0 radical (unpaired) electrons. The van der Waals surface area contributed by atoms with E-state index < -0.39 is 0 Å². The van der Waals surface area contributed by atoms with Crippen molar-refractivity contribution in [1.29, 1.82) is 0 Å². The maximum Gasteiger partial charge on any atom is 0.0627 e. The molecule has 0 aromatic carbocycles. The van der Waals surface area contributed by atoms with Crippen LogP contribution in [0.3, 0.4) is 0 Å². The highest BCUT2D eigenvalue weighted by atomic mass is 16.5. The second-order valence-electron chi connectivity index (χ2n) is 12.2. The second kappa shape index (κ2) is 8.10. The first-order valence-electron chi connectivity index (χ1n) is 12.7. The molecule has 0 saturated heterocycles. The number of ether oxygens (including phenoxy) is 1. The molecule has 0 aromatic heterocycles. The minimum absolute atomic E-state index is 0.447. The molecule has 4 unspecified atom stereocenters. The Morgan fingerprint density at radius 3 is 2.41 bits per heavy atom. The summed E-state index contributed by atoms with van der Waals surface area (Å²) in [5, 5.41) is 7.46. The van der Waals surface area contributed by atoms with Gasteiger partial charge in [-0.3, -0.25) is 0 Å². The maximum atomic E-state index is 5.98. The first-order chi connectivity index (χ1) is 13.7. The molecule has 4 aliphatic carbocycles. The average molecular weight is 405 g/mol. The summed E-state index contributed by atoms with van der Waals surface area (Å²) < 4.78 is 5.98. The molecule has 0 heterocycles. The SMILES string of the molecule is CO[C@H]1CCC2C3CC[C@]4(C)CC(NCCNC(C)C)CC[C@]4(C)C3CC[C@@]21C. The fourth-order valence-electron chi connectivity index (χ4n) is 8.79. The Morgan fingerprint density at radius 2 is 1.69 bits per heavy atom. The summed E-state index contributed by atoms with van der Waals surface area (Å²) in [4.78, 5) is 0. The van der Waals surface area contributed by atoms with Crippen LogP contribution in [0.1, 0.15) is 92.4 Å². The fraction of sp³-hybridized carbons (Fsp3) is 1.00. The molecule has 4 saturated carbocycles. The van der Waals surface area contributed by atoms with Gasteiger partial charge in [0.15, 0.2) is 0 Å². The first kappa shape index (κ1) is 22.1. The Bertz CT molecular complexity index is 579. The lowest BCUT2D eigenvalue weighted by molar-refractivity contribution is -0.163. The Kier molecular flexibility index (Phi) is 6.17. The van der Waals surface area contributed by atoms with Gasteiger partial charge in [-0.1, -0.05) is 34.6 Å². The minimum Gasteiger partial charge on any atom is -0.381 e. The van der Waals surface area contributed by atoms with Crippen LogP contribution in [0, 0.1) is 34.0 Å². The average Bonchev–Trinajstić information content (AvgIpc) is 3.02. The lowest BCUT2D eigenvalue weighted by Gasteiger charge is -2.65. The van der Waals surface area contributed by atoms with E-state index in [2.05, 4.69) is 45.3 Å². The van der Waals surface area contributed by atoms with Gasteiger partial charge in [-0.15, -0.1) is 0 Å². The van der Waals surface area contributed by atoms with E-state index in [9.17, 15) is 0 Å². The molecule has 8 atom stereocenters. The van der Waals surface area contributed by atoms with Crippen molar-refractivity contribution in [2.75, 3.05) is 20.2 Å². The number of nitrogens with one attached hydrogen (secondary N) is 2. The second-order valence-corrected chi connectivity index (χ2v) is 12.2. The molecule has 4 fully saturated rings. The molecule has 2 N–H and O–H groups in total. The van der Waals surface area contributed by atoms with E-state index in [1.54, 1.807) is 0 Å². The minimum atomic E-state index is 0.447. The van der Waals surface area contributed by atoms with Crippen LogP contribution in [0.4, 0.5) is 0 Å². The van der Waals surface area contributed by atoms with Gasteiger partial charge >= 0.3 is 0 Å². The first-order valence-corrected chi connectivity index (χ1v) is 12.7. The number of hydrogen-bond donors (Lipinski definition) is 2. The molecule has 3 nitrogen and oxygen atoms in total. The quantitative estimate of drug-likeness (QED) is 0.582. The highest BCUT2D eigenvalue weighted by molar-refractivity contribution is 5.13. The summed E-state index contributed by atoms with van der Waals surface area (Å²) in [5.41, 5.74) is 1.50. The molecule has 0 spiro atoms. The summed E-state index contributed by atoms with van der Waals surface area (Å²) in [7, 11) is 1.95. The molecule has 0 aliphatic heterocycles. The summed E-state index contributed by atoms with van der Waals surface area (Å²) in [6.07, 6.45) is 13.2. The third kappa shape index (κ3) is 3.61. The Morgan fingerprint density at radius 1 is 0.897 bits per heavy atom. The van der Waals surface area contributed by atoms with Crippen LogP contribution in [-0.2, 0) is 4.74 Å². The van der Waals surface area contributed by atoms with Crippen LogP contribution < -0.4 is 10.6 Å². The number of rotatable bonds is 6. The number of fused-ring (bicyclic) bond motifs is 5. The van der Waals surface area contributed by atoms with E-state index in [-0.39, 0.29) is 0 Å². The van der Waals surface area contributed by atoms with Gasteiger partial charge in [0, 0.05) is 32.3 Å². The molecule has 3 heteroatoms. The fourth-order valence-corrected chi connectivity index (χ4v) is 8.79. The Hall–Kier alpha value is -0.120. The van der Waals surface area contributed by atoms with Crippen molar-refractivity contribution >= 4 is 0 Å². The van der Waals surface area contributed by atoms with Crippen LogP contribution in [0.5, 0.6) is 0 Å². The van der Waals surface area contributed by atoms with Crippen molar-refractivity contribution in [3.8, 4) is 0 Å². The smallest absolute Gasteiger partial charge is 0.0627 e. The van der Waals surface area contributed by atoms with Gasteiger partial charge in [-0.2, -0.15) is 0 Å². The Balaban J connectivity index is 1.43. The van der Waals surface area contributed by atoms with Crippen molar-refractivity contribution in [3.05, 3.63) is 0 Å². The summed E-state index contributed by atoms with van der Waals surface area (Å²) >= 11 is 0. The van der Waals surface area contributed by atoms with Crippen LogP contribution in [-0.4, -0.2) is 38.4 Å². The van der Waals surface area contributed by atoms with E-state index in [1.807, 2.05) is 7.11 Å². The highest BCUT2D eigenvalue weighted by Gasteiger charge is 2.63. The largest absolute Gasteiger partial charge is 0.381 e. The molecule has 4 rings (SSSR count). The maximum absolute atomic E-state index is 5.98. The lowest BCUT2D eigenvalue weighted by Crippen LogP contribution is -2.59. The number of hydrogen-bond acceptors (Lipinski definition) is 3. The van der Waals surface area contributed by atoms with Gasteiger partial charge in [-0.25, -0.2) is 0 Å². The van der Waals surface area contributed by atoms with Gasteiger partial charge in [0.05, 0.1) is 6.10 Å². The molecule has 0 aromatic rings. The van der Waals surface area contributed by atoms with Crippen LogP contribution >= 0.6 is 0 Å². The highest BCUT2D eigenvalue weighted by Crippen LogP contribution is 2.69. The van der Waals surface area contributed by atoms with E-state index in [0.717, 1.165) is 36.9 Å². The molecule has 29 heavy (non-hydrogen) atoms. The molecule has 0 amide bonds. The summed E-state index contributed by atoms with van der Waals surface area (Å²) in [6.45, 7) is 14.6. The zero-order valence-electron chi connectivity index (χ0n) is 20.2. The summed E-state index contributed by atoms with van der Waals surface area (Å²) in [5.74, 6) is 2.80. The van der Waals surface area contributed by atoms with Gasteiger partial charge in [0.25, 0.3) is 0 Å². The Labute approximate surface area is 180 Å². The van der Waals surface area contributed by atoms with Crippen molar-refractivity contribution in [3.63, 3.8) is 0 Å². The number of methoxy groups -OCH3 is 1. The van der Waals surface area contributed by atoms with Gasteiger partial charge < -0.3 is 15.4 Å². The normalized spacial score (nSPS) is 49.6. The van der Waals surface area contributed by atoms with E-state index in [1.165, 1.54) is 57.8 Å². The van der Waals surface area contributed by atoms with Gasteiger partial charge in [0.2, 0.25) is 0 Å².